The van der Waals surface area contributed by atoms with Crippen molar-refractivity contribution in [1.82, 2.24) is 9.97 Å². The highest BCUT2D eigenvalue weighted by Gasteiger charge is 2.03. The van der Waals surface area contributed by atoms with Crippen LogP contribution in [0.3, 0.4) is 0 Å². The van der Waals surface area contributed by atoms with Crippen molar-refractivity contribution in [2.75, 3.05) is 0 Å². The Labute approximate surface area is 91.9 Å². The van der Waals surface area contributed by atoms with E-state index in [-0.39, 0.29) is 0 Å². The second-order valence-electron chi connectivity index (χ2n) is 2.95. The molecule has 0 bridgehead atoms. The van der Waals surface area contributed by atoms with E-state index in [1.807, 2.05) is 6.07 Å². The molecule has 14 heavy (non-hydrogen) atoms. The first-order chi connectivity index (χ1) is 6.75. The summed E-state index contributed by atoms with van der Waals surface area (Å²) in [6.07, 6.45) is 4.17. The molecular formula is C10H8Cl2N2. The van der Waals surface area contributed by atoms with Gasteiger partial charge in [0.2, 0.25) is 0 Å². The Morgan fingerprint density at radius 3 is 2.86 bits per heavy atom. The van der Waals surface area contributed by atoms with Crippen LogP contribution in [0.25, 0.3) is 0 Å². The van der Waals surface area contributed by atoms with Gasteiger partial charge in [-0.1, -0.05) is 23.2 Å². The predicted octanol–water partition coefficient (Wildman–Crippen LogP) is 3.31. The molecule has 72 valence electrons. The zero-order valence-corrected chi connectivity index (χ0v) is 8.81. The Hall–Kier alpha value is -0.990. The average molecular weight is 227 g/mol. The van der Waals surface area contributed by atoms with Gasteiger partial charge >= 0.3 is 0 Å². The van der Waals surface area contributed by atoms with Crippen molar-refractivity contribution >= 4 is 23.2 Å². The summed E-state index contributed by atoms with van der Waals surface area (Å²) in [5.74, 6) is 0.883. The number of halogens is 2. The van der Waals surface area contributed by atoms with Crippen LogP contribution in [0.5, 0.6) is 0 Å². The standard InChI is InChI=1S/C10H8Cl2N2/c11-8-1-2-9(12)7(5-8)6-10-13-3-4-14-10/h1-5H,6H2,(H,13,14). The Kier molecular flexibility index (Phi) is 2.75. The van der Waals surface area contributed by atoms with Gasteiger partial charge in [0.25, 0.3) is 0 Å². The fourth-order valence-electron chi connectivity index (χ4n) is 1.25. The topological polar surface area (TPSA) is 28.7 Å². The summed E-state index contributed by atoms with van der Waals surface area (Å²) in [5, 5.41) is 1.40. The minimum Gasteiger partial charge on any atom is -0.348 e. The number of nitrogens with one attached hydrogen (secondary N) is 1. The summed E-state index contributed by atoms with van der Waals surface area (Å²) < 4.78 is 0. The van der Waals surface area contributed by atoms with Gasteiger partial charge in [0.1, 0.15) is 5.82 Å². The molecule has 0 amide bonds. The van der Waals surface area contributed by atoms with Crippen LogP contribution in [-0.2, 0) is 6.42 Å². The maximum absolute atomic E-state index is 6.01. The third-order valence-electron chi connectivity index (χ3n) is 1.92. The van der Waals surface area contributed by atoms with Crippen molar-refractivity contribution in [1.29, 1.82) is 0 Å². The molecule has 2 nitrogen and oxygen atoms in total. The van der Waals surface area contributed by atoms with Gasteiger partial charge in [0.15, 0.2) is 0 Å². The van der Waals surface area contributed by atoms with Crippen molar-refractivity contribution in [3.05, 3.63) is 52.0 Å². The van der Waals surface area contributed by atoms with Crippen LogP contribution in [0.1, 0.15) is 11.4 Å². The molecule has 0 spiro atoms. The normalized spacial score (nSPS) is 10.4. The van der Waals surface area contributed by atoms with E-state index in [9.17, 15) is 0 Å². The first-order valence-electron chi connectivity index (χ1n) is 4.18. The lowest BCUT2D eigenvalue weighted by Crippen LogP contribution is -1.91. The second-order valence-corrected chi connectivity index (χ2v) is 3.79. The van der Waals surface area contributed by atoms with Crippen molar-refractivity contribution < 1.29 is 0 Å². The van der Waals surface area contributed by atoms with Gasteiger partial charge in [0, 0.05) is 28.9 Å². The molecule has 0 radical (unpaired) electrons. The monoisotopic (exact) mass is 226 g/mol. The zero-order valence-electron chi connectivity index (χ0n) is 7.30. The SMILES string of the molecule is Clc1ccc(Cl)c(Cc2ncc[nH]2)c1. The molecule has 0 aliphatic heterocycles. The summed E-state index contributed by atoms with van der Waals surface area (Å²) in [7, 11) is 0. The van der Waals surface area contributed by atoms with Crippen LogP contribution >= 0.6 is 23.2 Å². The van der Waals surface area contributed by atoms with Gasteiger partial charge in [-0.05, 0) is 23.8 Å². The average Bonchev–Trinajstić information content (AvgIpc) is 2.64. The first-order valence-corrected chi connectivity index (χ1v) is 4.93. The third kappa shape index (κ3) is 2.08. The van der Waals surface area contributed by atoms with Gasteiger partial charge in [-0.2, -0.15) is 0 Å². The molecule has 1 aromatic carbocycles. The molecule has 0 aliphatic rings. The minimum absolute atomic E-state index is 0.673. The van der Waals surface area contributed by atoms with Crippen LogP contribution in [0.15, 0.2) is 30.6 Å². The second kappa shape index (κ2) is 4.03. The number of aromatic amines is 1. The minimum atomic E-state index is 0.673. The number of imidazole rings is 1. The Morgan fingerprint density at radius 1 is 1.29 bits per heavy atom. The summed E-state index contributed by atoms with van der Waals surface area (Å²) in [5.41, 5.74) is 0.981. The van der Waals surface area contributed by atoms with Crippen LogP contribution in [0, 0.1) is 0 Å². The van der Waals surface area contributed by atoms with E-state index in [4.69, 9.17) is 23.2 Å². The number of hydrogen-bond donors (Lipinski definition) is 1. The van der Waals surface area contributed by atoms with Crippen molar-refractivity contribution in [3.63, 3.8) is 0 Å². The summed E-state index contributed by atoms with van der Waals surface area (Å²) in [4.78, 5) is 7.14. The lowest BCUT2D eigenvalue weighted by molar-refractivity contribution is 1.03. The highest BCUT2D eigenvalue weighted by molar-refractivity contribution is 6.33. The van der Waals surface area contributed by atoms with Gasteiger partial charge in [0.05, 0.1) is 0 Å². The van der Waals surface area contributed by atoms with E-state index >= 15 is 0 Å². The van der Waals surface area contributed by atoms with Crippen LogP contribution in [0.2, 0.25) is 10.0 Å². The molecule has 0 fully saturated rings. The molecule has 0 saturated carbocycles. The van der Waals surface area contributed by atoms with Crippen LogP contribution in [-0.4, -0.2) is 9.97 Å². The molecule has 1 aromatic heterocycles. The highest BCUT2D eigenvalue weighted by Crippen LogP contribution is 2.22. The summed E-state index contributed by atoms with van der Waals surface area (Å²) >= 11 is 11.9. The number of rotatable bonds is 2. The molecular weight excluding hydrogens is 219 g/mol. The van der Waals surface area contributed by atoms with Gasteiger partial charge in [-0.3, -0.25) is 0 Å². The van der Waals surface area contributed by atoms with Gasteiger partial charge < -0.3 is 4.98 Å². The number of H-pyrrole nitrogens is 1. The van der Waals surface area contributed by atoms with Crippen LogP contribution in [0.4, 0.5) is 0 Å². The Balaban J connectivity index is 2.28. The molecule has 0 saturated heterocycles. The largest absolute Gasteiger partial charge is 0.348 e. The van der Waals surface area contributed by atoms with Crippen molar-refractivity contribution in [2.24, 2.45) is 0 Å². The number of benzene rings is 1. The molecule has 1 N–H and O–H groups in total. The zero-order chi connectivity index (χ0) is 9.97. The van der Waals surface area contributed by atoms with E-state index in [0.29, 0.717) is 16.5 Å². The van der Waals surface area contributed by atoms with E-state index < -0.39 is 0 Å². The number of nitrogens with zero attached hydrogens (tertiary/aromatic N) is 1. The smallest absolute Gasteiger partial charge is 0.110 e. The Bertz CT molecular complexity index is 424. The van der Waals surface area contributed by atoms with Gasteiger partial charge in [-0.15, -0.1) is 0 Å². The number of hydrogen-bond acceptors (Lipinski definition) is 1. The Morgan fingerprint density at radius 2 is 2.14 bits per heavy atom. The van der Waals surface area contributed by atoms with E-state index in [0.717, 1.165) is 11.4 Å². The summed E-state index contributed by atoms with van der Waals surface area (Å²) in [6, 6.07) is 5.42. The molecule has 2 aromatic rings. The van der Waals surface area contributed by atoms with Crippen molar-refractivity contribution in [3.8, 4) is 0 Å². The quantitative estimate of drug-likeness (QED) is 0.837. The van der Waals surface area contributed by atoms with Crippen molar-refractivity contribution in [2.45, 2.75) is 6.42 Å². The first kappa shape index (κ1) is 9.56. The van der Waals surface area contributed by atoms with Gasteiger partial charge in [-0.25, -0.2) is 4.98 Å². The fraction of sp³-hybridized carbons (Fsp3) is 0.100. The third-order valence-corrected chi connectivity index (χ3v) is 2.52. The fourth-order valence-corrected chi connectivity index (χ4v) is 1.63. The molecule has 1 heterocycles. The molecule has 0 aliphatic carbocycles. The number of aromatic nitrogens is 2. The molecule has 2 rings (SSSR count). The van der Waals surface area contributed by atoms with Crippen LogP contribution < -0.4 is 0 Å². The van der Waals surface area contributed by atoms with E-state index in [1.54, 1.807) is 24.5 Å². The predicted molar refractivity (Wildman–Crippen MR) is 57.9 cm³/mol. The summed E-state index contributed by atoms with van der Waals surface area (Å²) in [6.45, 7) is 0. The molecule has 0 atom stereocenters. The molecule has 0 unspecified atom stereocenters. The maximum Gasteiger partial charge on any atom is 0.110 e. The maximum atomic E-state index is 6.01. The van der Waals surface area contributed by atoms with E-state index in [1.165, 1.54) is 0 Å². The lowest BCUT2D eigenvalue weighted by atomic mass is 10.1. The highest BCUT2D eigenvalue weighted by atomic mass is 35.5. The molecule has 4 heteroatoms. The van der Waals surface area contributed by atoms with E-state index in [2.05, 4.69) is 9.97 Å². The lowest BCUT2D eigenvalue weighted by Gasteiger charge is -2.02.